The summed E-state index contributed by atoms with van der Waals surface area (Å²) < 4.78 is 0. The molecule has 0 aromatic carbocycles. The molecule has 13 heavy (non-hydrogen) atoms. The Hall–Kier alpha value is -0.680. The molecule has 4 nitrogen and oxygen atoms in total. The summed E-state index contributed by atoms with van der Waals surface area (Å²) in [5.41, 5.74) is 0. The average molecular weight is 196 g/mol. The monoisotopic (exact) mass is 196 g/mol. The molecule has 0 radical (unpaired) electrons. The van der Waals surface area contributed by atoms with E-state index in [0.29, 0.717) is 0 Å². The van der Waals surface area contributed by atoms with Crippen molar-refractivity contribution in [3.63, 3.8) is 0 Å². The smallest absolute Gasteiger partial charge is 0.145 e. The van der Waals surface area contributed by atoms with Crippen LogP contribution in [0.25, 0.3) is 0 Å². The molecular formula is C8H12N4S. The van der Waals surface area contributed by atoms with Crippen LogP contribution in [0, 0.1) is 0 Å². The van der Waals surface area contributed by atoms with E-state index in [1.807, 2.05) is 11.8 Å². The van der Waals surface area contributed by atoms with Gasteiger partial charge in [-0.15, -0.1) is 0 Å². The van der Waals surface area contributed by atoms with Crippen LogP contribution in [-0.4, -0.2) is 44.4 Å². The normalized spacial score (nSPS) is 18.8. The van der Waals surface area contributed by atoms with Crippen LogP contribution in [-0.2, 0) is 6.54 Å². The lowest BCUT2D eigenvalue weighted by atomic mass is 10.4. The SMILES string of the molecule is c1ncnc(CN2CCSCC2)n1. The Labute approximate surface area is 81.8 Å². The van der Waals surface area contributed by atoms with E-state index in [9.17, 15) is 0 Å². The van der Waals surface area contributed by atoms with Crippen molar-refractivity contribution in [2.75, 3.05) is 24.6 Å². The van der Waals surface area contributed by atoms with E-state index in [1.54, 1.807) is 12.7 Å². The second-order valence-corrected chi connectivity index (χ2v) is 4.17. The molecule has 1 aliphatic heterocycles. The minimum absolute atomic E-state index is 0.864. The predicted octanol–water partition coefficient (Wildman–Crippen LogP) is 0.420. The van der Waals surface area contributed by atoms with Crippen LogP contribution in [0.1, 0.15) is 5.82 Å². The minimum Gasteiger partial charge on any atom is -0.294 e. The summed E-state index contributed by atoms with van der Waals surface area (Å²) in [7, 11) is 0. The number of rotatable bonds is 2. The largest absolute Gasteiger partial charge is 0.294 e. The molecule has 0 spiro atoms. The van der Waals surface area contributed by atoms with Gasteiger partial charge in [0, 0.05) is 24.6 Å². The average Bonchev–Trinajstić information content (AvgIpc) is 2.21. The third kappa shape index (κ3) is 2.63. The van der Waals surface area contributed by atoms with Crippen molar-refractivity contribution in [3.05, 3.63) is 18.5 Å². The predicted molar refractivity (Wildman–Crippen MR) is 52.4 cm³/mol. The summed E-state index contributed by atoms with van der Waals surface area (Å²) in [5, 5.41) is 0. The summed E-state index contributed by atoms with van der Waals surface area (Å²) in [6.45, 7) is 3.16. The number of aromatic nitrogens is 3. The van der Waals surface area contributed by atoms with Gasteiger partial charge >= 0.3 is 0 Å². The highest BCUT2D eigenvalue weighted by Gasteiger charge is 2.11. The van der Waals surface area contributed by atoms with Crippen LogP contribution in [0.4, 0.5) is 0 Å². The van der Waals surface area contributed by atoms with E-state index >= 15 is 0 Å². The molecule has 1 fully saturated rings. The van der Waals surface area contributed by atoms with Crippen molar-refractivity contribution in [2.45, 2.75) is 6.54 Å². The van der Waals surface area contributed by atoms with Gasteiger partial charge in [-0.1, -0.05) is 0 Å². The van der Waals surface area contributed by atoms with E-state index < -0.39 is 0 Å². The highest BCUT2D eigenvalue weighted by Crippen LogP contribution is 2.10. The second-order valence-electron chi connectivity index (χ2n) is 2.94. The summed E-state index contributed by atoms with van der Waals surface area (Å²) in [5.74, 6) is 3.33. The van der Waals surface area contributed by atoms with Crippen LogP contribution < -0.4 is 0 Å². The molecule has 0 unspecified atom stereocenters. The fourth-order valence-electron chi connectivity index (χ4n) is 1.30. The summed E-state index contributed by atoms with van der Waals surface area (Å²) in [6.07, 6.45) is 3.11. The van der Waals surface area contributed by atoms with Crippen LogP contribution in [0.5, 0.6) is 0 Å². The highest BCUT2D eigenvalue weighted by molar-refractivity contribution is 7.99. The van der Waals surface area contributed by atoms with Crippen molar-refractivity contribution < 1.29 is 0 Å². The first kappa shape index (κ1) is 8.90. The zero-order chi connectivity index (χ0) is 8.93. The first-order valence-electron chi connectivity index (χ1n) is 4.36. The lowest BCUT2D eigenvalue weighted by molar-refractivity contribution is 0.286. The van der Waals surface area contributed by atoms with Crippen LogP contribution in [0.15, 0.2) is 12.7 Å². The minimum atomic E-state index is 0.864. The Kier molecular flexibility index (Phi) is 3.10. The van der Waals surface area contributed by atoms with Gasteiger partial charge in [-0.05, 0) is 0 Å². The van der Waals surface area contributed by atoms with Gasteiger partial charge in [0.05, 0.1) is 6.54 Å². The Morgan fingerprint density at radius 3 is 2.62 bits per heavy atom. The van der Waals surface area contributed by atoms with Crippen LogP contribution in [0.3, 0.4) is 0 Å². The standard InChI is InChI=1S/C8H12N4S/c1-3-13-4-2-12(1)5-8-10-6-9-7-11-8/h6-7H,1-5H2. The molecule has 2 rings (SSSR count). The maximum absolute atomic E-state index is 4.10. The van der Waals surface area contributed by atoms with Crippen molar-refractivity contribution in [1.29, 1.82) is 0 Å². The van der Waals surface area contributed by atoms with Crippen LogP contribution >= 0.6 is 11.8 Å². The fourth-order valence-corrected chi connectivity index (χ4v) is 2.28. The fraction of sp³-hybridized carbons (Fsp3) is 0.625. The number of hydrogen-bond acceptors (Lipinski definition) is 5. The third-order valence-corrected chi connectivity index (χ3v) is 2.96. The number of nitrogens with zero attached hydrogens (tertiary/aromatic N) is 4. The first-order valence-corrected chi connectivity index (χ1v) is 5.51. The highest BCUT2D eigenvalue weighted by atomic mass is 32.2. The van der Waals surface area contributed by atoms with Gasteiger partial charge in [-0.25, -0.2) is 15.0 Å². The molecule has 0 saturated carbocycles. The summed E-state index contributed by atoms with van der Waals surface area (Å²) in [6, 6.07) is 0. The van der Waals surface area contributed by atoms with Gasteiger partial charge in [0.25, 0.3) is 0 Å². The third-order valence-electron chi connectivity index (χ3n) is 2.02. The number of thioether (sulfide) groups is 1. The Balaban J connectivity index is 1.90. The molecule has 0 N–H and O–H groups in total. The van der Waals surface area contributed by atoms with Gasteiger partial charge in [-0.3, -0.25) is 4.90 Å². The Morgan fingerprint density at radius 2 is 1.92 bits per heavy atom. The van der Waals surface area contributed by atoms with Crippen molar-refractivity contribution in [3.8, 4) is 0 Å². The van der Waals surface area contributed by atoms with E-state index in [4.69, 9.17) is 0 Å². The quantitative estimate of drug-likeness (QED) is 0.685. The van der Waals surface area contributed by atoms with E-state index in [-0.39, 0.29) is 0 Å². The summed E-state index contributed by atoms with van der Waals surface area (Å²) >= 11 is 2.01. The van der Waals surface area contributed by atoms with Crippen molar-refractivity contribution >= 4 is 11.8 Å². The second kappa shape index (κ2) is 4.53. The topological polar surface area (TPSA) is 41.9 Å². The Bertz CT molecular complexity index is 248. The Morgan fingerprint density at radius 1 is 1.23 bits per heavy atom. The maximum atomic E-state index is 4.10. The zero-order valence-electron chi connectivity index (χ0n) is 7.39. The lowest BCUT2D eigenvalue weighted by Gasteiger charge is -2.24. The molecule has 0 amide bonds. The molecule has 1 aliphatic rings. The molecule has 1 aromatic rings. The van der Waals surface area contributed by atoms with Crippen molar-refractivity contribution in [1.82, 2.24) is 19.9 Å². The molecule has 5 heteroatoms. The summed E-state index contributed by atoms with van der Waals surface area (Å²) in [4.78, 5) is 14.4. The maximum Gasteiger partial charge on any atom is 0.145 e. The molecule has 70 valence electrons. The van der Waals surface area contributed by atoms with Crippen molar-refractivity contribution in [2.24, 2.45) is 0 Å². The van der Waals surface area contributed by atoms with Gasteiger partial charge in [0.2, 0.25) is 0 Å². The number of hydrogen-bond donors (Lipinski definition) is 0. The van der Waals surface area contributed by atoms with Gasteiger partial charge in [0.15, 0.2) is 0 Å². The first-order chi connectivity index (χ1) is 6.45. The molecule has 2 heterocycles. The molecular weight excluding hydrogens is 184 g/mol. The molecule has 1 saturated heterocycles. The molecule has 0 atom stereocenters. The lowest BCUT2D eigenvalue weighted by Crippen LogP contribution is -2.32. The van der Waals surface area contributed by atoms with E-state index in [1.165, 1.54) is 11.5 Å². The molecule has 0 aliphatic carbocycles. The van der Waals surface area contributed by atoms with E-state index in [2.05, 4.69) is 19.9 Å². The van der Waals surface area contributed by atoms with Gasteiger partial charge < -0.3 is 0 Å². The van der Waals surface area contributed by atoms with Gasteiger partial charge in [-0.2, -0.15) is 11.8 Å². The molecule has 1 aromatic heterocycles. The van der Waals surface area contributed by atoms with E-state index in [0.717, 1.165) is 25.5 Å². The zero-order valence-corrected chi connectivity index (χ0v) is 8.20. The molecule has 0 bridgehead atoms. The van der Waals surface area contributed by atoms with Crippen LogP contribution in [0.2, 0.25) is 0 Å². The van der Waals surface area contributed by atoms with Gasteiger partial charge in [0.1, 0.15) is 18.5 Å².